The maximum Gasteiger partial charge on any atom is 0.204 e. The molecule has 0 heterocycles. The number of benzene rings is 1. The highest BCUT2D eigenvalue weighted by molar-refractivity contribution is 5.35. The van der Waals surface area contributed by atoms with Gasteiger partial charge in [0.2, 0.25) is 11.6 Å². The summed E-state index contributed by atoms with van der Waals surface area (Å²) in [5.41, 5.74) is 0. The second kappa shape index (κ2) is 9.67. The van der Waals surface area contributed by atoms with E-state index in [9.17, 15) is 8.78 Å². The van der Waals surface area contributed by atoms with Gasteiger partial charge >= 0.3 is 0 Å². The highest BCUT2D eigenvalue weighted by Crippen LogP contribution is 2.45. The Hall–Kier alpha value is -1.32. The van der Waals surface area contributed by atoms with Gasteiger partial charge < -0.3 is 9.47 Å². The minimum absolute atomic E-state index is 0.00381. The van der Waals surface area contributed by atoms with Gasteiger partial charge in [-0.05, 0) is 105 Å². The standard InChI is InChI=1S/C27H38F2O2/c28-26-24(30-16-20-3-4-20)13-14-25(27(26)29)31-17-21-7-11-23(12-8-21)22-9-5-19(6-10-22)15-18-1-2-18/h13-14,18-23H,1-12,15-17H2. The van der Waals surface area contributed by atoms with Crippen LogP contribution in [0.1, 0.15) is 83.5 Å². The van der Waals surface area contributed by atoms with E-state index >= 15 is 0 Å². The van der Waals surface area contributed by atoms with Crippen LogP contribution in [0.15, 0.2) is 12.1 Å². The summed E-state index contributed by atoms with van der Waals surface area (Å²) in [5.74, 6) is 3.03. The molecule has 0 amide bonds. The van der Waals surface area contributed by atoms with Crippen molar-refractivity contribution in [1.29, 1.82) is 0 Å². The molecule has 0 aliphatic heterocycles. The van der Waals surface area contributed by atoms with Gasteiger partial charge in [-0.3, -0.25) is 0 Å². The lowest BCUT2D eigenvalue weighted by Gasteiger charge is -2.38. The van der Waals surface area contributed by atoms with Crippen molar-refractivity contribution in [1.82, 2.24) is 0 Å². The highest BCUT2D eigenvalue weighted by atomic mass is 19.2. The molecule has 4 aliphatic rings. The van der Waals surface area contributed by atoms with E-state index in [-0.39, 0.29) is 11.5 Å². The third-order valence-electron chi connectivity index (χ3n) is 8.47. The van der Waals surface area contributed by atoms with Crippen LogP contribution in [0.5, 0.6) is 11.5 Å². The molecular formula is C27H38F2O2. The second-order valence-electron chi connectivity index (χ2n) is 11.0. The van der Waals surface area contributed by atoms with E-state index in [2.05, 4.69) is 0 Å². The van der Waals surface area contributed by atoms with Crippen molar-refractivity contribution in [2.75, 3.05) is 13.2 Å². The van der Waals surface area contributed by atoms with Crippen LogP contribution in [-0.4, -0.2) is 13.2 Å². The molecule has 0 saturated heterocycles. The Labute approximate surface area is 186 Å². The van der Waals surface area contributed by atoms with Gasteiger partial charge in [0.1, 0.15) is 0 Å². The van der Waals surface area contributed by atoms with Gasteiger partial charge in [0, 0.05) is 0 Å². The zero-order valence-electron chi connectivity index (χ0n) is 18.8. The molecule has 0 bridgehead atoms. The second-order valence-corrected chi connectivity index (χ2v) is 11.0. The monoisotopic (exact) mass is 432 g/mol. The SMILES string of the molecule is Fc1c(OCC2CC2)ccc(OCC2CCC(C3CCC(CC4CC4)CC3)CC2)c1F. The molecule has 1 aromatic rings. The number of rotatable bonds is 9. The Bertz CT molecular complexity index is 727. The minimum atomic E-state index is -0.917. The van der Waals surface area contributed by atoms with Gasteiger partial charge in [0.25, 0.3) is 0 Å². The summed E-state index contributed by atoms with van der Waals surface area (Å²) in [4.78, 5) is 0. The molecule has 0 spiro atoms. The predicted molar refractivity (Wildman–Crippen MR) is 118 cm³/mol. The van der Waals surface area contributed by atoms with Gasteiger partial charge in [-0.15, -0.1) is 0 Å². The van der Waals surface area contributed by atoms with Gasteiger partial charge in [0.05, 0.1) is 13.2 Å². The lowest BCUT2D eigenvalue weighted by atomic mass is 9.69. The van der Waals surface area contributed by atoms with Crippen LogP contribution in [0, 0.1) is 47.1 Å². The lowest BCUT2D eigenvalue weighted by molar-refractivity contribution is 0.119. The topological polar surface area (TPSA) is 18.5 Å². The summed E-state index contributed by atoms with van der Waals surface area (Å²) in [5, 5.41) is 0. The van der Waals surface area contributed by atoms with E-state index in [1.165, 1.54) is 69.9 Å². The van der Waals surface area contributed by atoms with Crippen LogP contribution in [0.25, 0.3) is 0 Å². The molecule has 1 aromatic carbocycles. The van der Waals surface area contributed by atoms with E-state index in [0.717, 1.165) is 49.4 Å². The van der Waals surface area contributed by atoms with Crippen molar-refractivity contribution >= 4 is 0 Å². The third-order valence-corrected chi connectivity index (χ3v) is 8.47. The van der Waals surface area contributed by atoms with Crippen LogP contribution in [0.3, 0.4) is 0 Å². The van der Waals surface area contributed by atoms with E-state index in [1.807, 2.05) is 0 Å². The average molecular weight is 433 g/mol. The number of hydrogen-bond donors (Lipinski definition) is 0. The number of ether oxygens (including phenoxy) is 2. The Kier molecular flexibility index (Phi) is 6.71. The fraction of sp³-hybridized carbons (Fsp3) is 0.778. The Balaban J connectivity index is 1.04. The lowest BCUT2D eigenvalue weighted by Crippen LogP contribution is -2.27. The van der Waals surface area contributed by atoms with Crippen molar-refractivity contribution in [3.63, 3.8) is 0 Å². The summed E-state index contributed by atoms with van der Waals surface area (Å²) in [7, 11) is 0. The summed E-state index contributed by atoms with van der Waals surface area (Å²) < 4.78 is 39.8. The zero-order valence-corrected chi connectivity index (χ0v) is 18.8. The van der Waals surface area contributed by atoms with E-state index in [1.54, 1.807) is 0 Å². The largest absolute Gasteiger partial charge is 0.490 e. The summed E-state index contributed by atoms with van der Waals surface area (Å²) in [6, 6.07) is 3.03. The third kappa shape index (κ3) is 5.73. The van der Waals surface area contributed by atoms with Crippen molar-refractivity contribution in [3.8, 4) is 11.5 Å². The average Bonchev–Trinajstić information content (AvgIpc) is 3.71. The first-order valence-electron chi connectivity index (χ1n) is 12.9. The maximum absolute atomic E-state index is 14.4. The molecule has 4 aliphatic carbocycles. The fourth-order valence-corrected chi connectivity index (χ4v) is 5.98. The molecule has 5 rings (SSSR count). The number of hydrogen-bond acceptors (Lipinski definition) is 2. The molecule has 0 N–H and O–H groups in total. The van der Waals surface area contributed by atoms with Gasteiger partial charge in [-0.1, -0.05) is 25.7 Å². The van der Waals surface area contributed by atoms with Gasteiger partial charge in [-0.25, -0.2) is 0 Å². The Morgan fingerprint density at radius 1 is 0.548 bits per heavy atom. The molecule has 2 nitrogen and oxygen atoms in total. The van der Waals surface area contributed by atoms with Crippen LogP contribution < -0.4 is 9.47 Å². The Morgan fingerprint density at radius 2 is 0.903 bits per heavy atom. The van der Waals surface area contributed by atoms with Crippen LogP contribution in [-0.2, 0) is 0 Å². The normalized spacial score (nSPS) is 31.4. The minimum Gasteiger partial charge on any atom is -0.490 e. The summed E-state index contributed by atoms with van der Waals surface area (Å²) >= 11 is 0. The highest BCUT2D eigenvalue weighted by Gasteiger charge is 2.33. The van der Waals surface area contributed by atoms with Crippen molar-refractivity contribution in [2.24, 2.45) is 35.5 Å². The first-order valence-corrected chi connectivity index (χ1v) is 12.9. The molecule has 0 atom stereocenters. The number of halogens is 2. The molecule has 4 heteroatoms. The molecule has 31 heavy (non-hydrogen) atoms. The van der Waals surface area contributed by atoms with Gasteiger partial charge in [0.15, 0.2) is 11.5 Å². The summed E-state index contributed by atoms with van der Waals surface area (Å²) in [6.45, 7) is 0.960. The molecule has 0 unspecified atom stereocenters. The van der Waals surface area contributed by atoms with E-state index in [4.69, 9.17) is 9.47 Å². The van der Waals surface area contributed by atoms with Crippen LogP contribution >= 0.6 is 0 Å². The van der Waals surface area contributed by atoms with Crippen molar-refractivity contribution in [2.45, 2.75) is 83.5 Å². The first kappa shape index (κ1) is 21.5. The first-order chi connectivity index (χ1) is 15.2. The van der Waals surface area contributed by atoms with Crippen LogP contribution in [0.2, 0.25) is 0 Å². The fourth-order valence-electron chi connectivity index (χ4n) is 5.98. The van der Waals surface area contributed by atoms with E-state index in [0.29, 0.717) is 25.0 Å². The smallest absolute Gasteiger partial charge is 0.204 e. The summed E-state index contributed by atoms with van der Waals surface area (Å²) in [6.07, 6.45) is 17.3. The molecular weight excluding hydrogens is 394 g/mol. The molecule has 4 fully saturated rings. The Morgan fingerprint density at radius 3 is 1.29 bits per heavy atom. The maximum atomic E-state index is 14.4. The zero-order chi connectivity index (χ0) is 21.2. The quantitative estimate of drug-likeness (QED) is 0.401. The molecule has 4 saturated carbocycles. The van der Waals surface area contributed by atoms with Crippen molar-refractivity contribution < 1.29 is 18.3 Å². The predicted octanol–water partition coefficient (Wildman–Crippen LogP) is 7.55. The van der Waals surface area contributed by atoms with Gasteiger partial charge in [-0.2, -0.15) is 8.78 Å². The van der Waals surface area contributed by atoms with Crippen LogP contribution in [0.4, 0.5) is 8.78 Å². The molecule has 0 radical (unpaired) electrons. The van der Waals surface area contributed by atoms with E-state index < -0.39 is 11.6 Å². The van der Waals surface area contributed by atoms with Crippen molar-refractivity contribution in [3.05, 3.63) is 23.8 Å². The molecule has 172 valence electrons. The molecule has 0 aromatic heterocycles.